The molecule has 150 valence electrons. The molecule has 0 aromatic heterocycles. The molecule has 0 rings (SSSR count). The van der Waals surface area contributed by atoms with Crippen molar-refractivity contribution in [3.63, 3.8) is 0 Å². The van der Waals surface area contributed by atoms with Crippen LogP contribution in [0.3, 0.4) is 0 Å². The van der Waals surface area contributed by atoms with Crippen molar-refractivity contribution in [1.29, 1.82) is 0 Å². The summed E-state index contributed by atoms with van der Waals surface area (Å²) >= 11 is 0. The van der Waals surface area contributed by atoms with E-state index in [0.717, 1.165) is 37.7 Å². The molecule has 0 aliphatic carbocycles. The molecule has 0 unspecified atom stereocenters. The first kappa shape index (κ1) is 31.1. The number of hydrogen-bond acceptors (Lipinski definition) is 6. The average Bonchev–Trinajstić information content (AvgIpc) is 2.58. The van der Waals surface area contributed by atoms with Gasteiger partial charge in [-0.05, 0) is 32.3 Å². The fraction of sp³-hybridized carbons (Fsp3) is 0.684. The van der Waals surface area contributed by atoms with E-state index in [-0.39, 0.29) is 12.4 Å². The van der Waals surface area contributed by atoms with Gasteiger partial charge in [-0.15, -0.1) is 0 Å². The van der Waals surface area contributed by atoms with Crippen LogP contribution in [0.15, 0.2) is 24.0 Å². The number of aliphatic hydroxyl groups excluding tert-OH is 1. The van der Waals surface area contributed by atoms with Crippen molar-refractivity contribution in [2.75, 3.05) is 13.2 Å². The lowest BCUT2D eigenvalue weighted by atomic mass is 10.2. The highest BCUT2D eigenvalue weighted by molar-refractivity contribution is 5.89. The summed E-state index contributed by atoms with van der Waals surface area (Å²) in [6, 6.07) is 0. The van der Waals surface area contributed by atoms with E-state index in [1.165, 1.54) is 11.9 Å². The number of ketones is 1. The molecule has 5 N–H and O–H groups in total. The molecular weight excluding hydrogens is 318 g/mol. The van der Waals surface area contributed by atoms with E-state index in [1.54, 1.807) is 12.3 Å². The van der Waals surface area contributed by atoms with Gasteiger partial charge in [0.25, 0.3) is 0 Å². The smallest absolute Gasteiger partial charge is 0.155 e. The monoisotopic (exact) mass is 359 g/mol. The zero-order valence-corrected chi connectivity index (χ0v) is 17.1. The highest BCUT2D eigenvalue weighted by Gasteiger charge is 1.91. The molecule has 25 heavy (non-hydrogen) atoms. The van der Waals surface area contributed by atoms with Crippen LogP contribution in [0.5, 0.6) is 0 Å². The highest BCUT2D eigenvalue weighted by atomic mass is 16.3. The molecule has 0 amide bonds. The Labute approximate surface area is 154 Å². The number of hydrogen-bond donors (Lipinski definition) is 3. The Morgan fingerprint density at radius 1 is 1.16 bits per heavy atom. The first-order valence-electron chi connectivity index (χ1n) is 9.10. The Kier molecular flexibility index (Phi) is 37.7. The van der Waals surface area contributed by atoms with Crippen LogP contribution in [0.4, 0.5) is 0 Å². The van der Waals surface area contributed by atoms with Gasteiger partial charge in [0.05, 0.1) is 13.2 Å². The van der Waals surface area contributed by atoms with Crippen LogP contribution in [0.1, 0.15) is 73.6 Å². The molecule has 0 atom stereocenters. The zero-order valence-electron chi connectivity index (χ0n) is 17.1. The number of nitrogens with two attached hydrogens (primary N) is 2. The van der Waals surface area contributed by atoms with E-state index in [2.05, 4.69) is 6.92 Å². The summed E-state index contributed by atoms with van der Waals surface area (Å²) in [6.07, 6.45) is 10.6. The number of unbranched alkanes of at least 4 members (excludes halogenated alkanes) is 1. The third-order valence-corrected chi connectivity index (χ3v) is 2.35. The summed E-state index contributed by atoms with van der Waals surface area (Å²) in [4.78, 5) is 19.6. The topological polar surface area (TPSA) is 110 Å². The van der Waals surface area contributed by atoms with E-state index in [1.807, 2.05) is 33.8 Å². The molecule has 0 saturated heterocycles. The molecule has 0 aliphatic heterocycles. The van der Waals surface area contributed by atoms with Crippen LogP contribution < -0.4 is 11.6 Å². The van der Waals surface area contributed by atoms with Crippen LogP contribution in [0, 0.1) is 0 Å². The van der Waals surface area contributed by atoms with E-state index in [0.29, 0.717) is 13.0 Å². The van der Waals surface area contributed by atoms with Gasteiger partial charge in [0.2, 0.25) is 0 Å². The molecule has 6 nitrogen and oxygen atoms in total. The summed E-state index contributed by atoms with van der Waals surface area (Å²) in [6.45, 7) is 12.0. The fourth-order valence-electron chi connectivity index (χ4n) is 1.20. The summed E-state index contributed by atoms with van der Waals surface area (Å²) in [5.74, 6) is 5.64. The second-order valence-corrected chi connectivity index (χ2v) is 4.66. The van der Waals surface area contributed by atoms with Crippen molar-refractivity contribution < 1.29 is 14.7 Å². The van der Waals surface area contributed by atoms with Crippen LogP contribution in [0.2, 0.25) is 0 Å². The minimum absolute atomic E-state index is 0.0456. The van der Waals surface area contributed by atoms with Crippen molar-refractivity contribution in [1.82, 2.24) is 5.01 Å². The highest BCUT2D eigenvalue weighted by Crippen LogP contribution is 1.93. The second-order valence-electron chi connectivity index (χ2n) is 4.66. The molecule has 0 radical (unpaired) electrons. The minimum atomic E-state index is 0.0456. The average molecular weight is 360 g/mol. The van der Waals surface area contributed by atoms with Gasteiger partial charge in [-0.25, -0.2) is 5.84 Å². The van der Waals surface area contributed by atoms with E-state index < -0.39 is 0 Å². The van der Waals surface area contributed by atoms with E-state index in [9.17, 15) is 4.79 Å². The summed E-state index contributed by atoms with van der Waals surface area (Å²) in [5, 5.41) is 9.80. The van der Waals surface area contributed by atoms with Crippen LogP contribution >= 0.6 is 0 Å². The van der Waals surface area contributed by atoms with E-state index >= 15 is 0 Å². The van der Waals surface area contributed by atoms with E-state index in [4.69, 9.17) is 21.5 Å². The maximum atomic E-state index is 10.8. The first-order valence-corrected chi connectivity index (χ1v) is 9.10. The molecule has 6 heteroatoms. The predicted molar refractivity (Wildman–Crippen MR) is 108 cm³/mol. The van der Waals surface area contributed by atoms with Crippen LogP contribution in [0.25, 0.3) is 0 Å². The molecular formula is C19H41N3O3. The molecule has 0 aromatic rings. The maximum Gasteiger partial charge on any atom is 0.155 e. The second kappa shape index (κ2) is 30.2. The Morgan fingerprint density at radius 2 is 1.68 bits per heavy atom. The largest absolute Gasteiger partial charge is 0.401 e. The standard InChI is InChI=1S/C9H16O.C6H15N3O.C2H4O.C2H6/c1-3-5-6-8-9(10)7-4-2;1-2-6(7)5-9(8)3-4-10;1-2-3;1-2/h6,8H,3-5,7H2,1-2H3;5,10H,2-4,7-8H2,1H3;2H,1H3;1-2H3/b8-6-;6-5-;;. The minimum Gasteiger partial charge on any atom is -0.401 e. The third-order valence-electron chi connectivity index (χ3n) is 2.35. The Hall–Kier alpha value is -1.66. The van der Waals surface area contributed by atoms with Crippen molar-refractivity contribution in [2.24, 2.45) is 11.6 Å². The molecule has 0 saturated carbocycles. The Balaban J connectivity index is -0.000000140. The molecule has 0 spiro atoms. The number of hydrazine groups is 1. The lowest BCUT2D eigenvalue weighted by molar-refractivity contribution is -0.114. The number of carbonyl (C=O) groups is 2. The SMILES string of the molecule is CC.CC/C(N)=C/N(N)CCO.CC=O.CCC/C=C\C(=O)CCC. The predicted octanol–water partition coefficient (Wildman–Crippen LogP) is 3.31. The van der Waals surface area contributed by atoms with Crippen molar-refractivity contribution in [3.05, 3.63) is 24.0 Å². The first-order chi connectivity index (χ1) is 11.9. The molecule has 0 aromatic carbocycles. The maximum absolute atomic E-state index is 10.8. The lowest BCUT2D eigenvalue weighted by Crippen LogP contribution is -2.29. The van der Waals surface area contributed by atoms with Crippen molar-refractivity contribution in [2.45, 2.75) is 73.6 Å². The molecule has 0 fully saturated rings. The van der Waals surface area contributed by atoms with Crippen LogP contribution in [-0.2, 0) is 9.59 Å². The van der Waals surface area contributed by atoms with Gasteiger partial charge in [0.1, 0.15) is 6.29 Å². The van der Waals surface area contributed by atoms with Gasteiger partial charge in [0.15, 0.2) is 5.78 Å². The fourth-order valence-corrected chi connectivity index (χ4v) is 1.20. The van der Waals surface area contributed by atoms with Gasteiger partial charge in [0, 0.05) is 18.3 Å². The number of nitrogens with zero attached hydrogens (tertiary/aromatic N) is 1. The molecule has 0 bridgehead atoms. The summed E-state index contributed by atoms with van der Waals surface area (Å²) in [7, 11) is 0. The third kappa shape index (κ3) is 39.3. The number of rotatable bonds is 9. The number of allylic oxidation sites excluding steroid dienone is 3. The van der Waals surface area contributed by atoms with Crippen molar-refractivity contribution >= 4 is 12.1 Å². The normalized spacial score (nSPS) is 9.68. The Morgan fingerprint density at radius 3 is 2.04 bits per heavy atom. The van der Waals surface area contributed by atoms with Gasteiger partial charge in [-0.1, -0.05) is 47.1 Å². The number of carbonyl (C=O) groups excluding carboxylic acids is 2. The van der Waals surface area contributed by atoms with Gasteiger partial charge in [-0.3, -0.25) is 4.79 Å². The van der Waals surface area contributed by atoms with Crippen LogP contribution in [-0.4, -0.2) is 35.3 Å². The van der Waals surface area contributed by atoms with Gasteiger partial charge in [-0.2, -0.15) is 0 Å². The quantitative estimate of drug-likeness (QED) is 0.252. The van der Waals surface area contributed by atoms with Crippen molar-refractivity contribution in [3.8, 4) is 0 Å². The lowest BCUT2D eigenvalue weighted by Gasteiger charge is -2.11. The van der Waals surface area contributed by atoms with Gasteiger partial charge < -0.3 is 20.6 Å². The Bertz CT molecular complexity index is 330. The summed E-state index contributed by atoms with van der Waals surface area (Å²) in [5.41, 5.74) is 6.18. The van der Waals surface area contributed by atoms with Gasteiger partial charge >= 0.3 is 0 Å². The number of aldehydes is 1. The zero-order chi connectivity index (χ0) is 20.5. The number of aliphatic hydroxyl groups is 1. The molecule has 0 aliphatic rings. The summed E-state index contributed by atoms with van der Waals surface area (Å²) < 4.78 is 0. The molecule has 0 heterocycles.